The standard InChI is InChI=1S/C10H13BrN2O2S/c1-2-12-8(10(14)15)6-16-9-4-3-7(11)5-13-9/h3-5,8,12H,2,6H2,1H3,(H,14,15). The van der Waals surface area contributed by atoms with Gasteiger partial charge in [0.1, 0.15) is 6.04 Å². The van der Waals surface area contributed by atoms with Crippen LogP contribution in [0, 0.1) is 0 Å². The van der Waals surface area contributed by atoms with E-state index < -0.39 is 12.0 Å². The van der Waals surface area contributed by atoms with Gasteiger partial charge in [0.15, 0.2) is 0 Å². The Balaban J connectivity index is 2.48. The molecule has 0 aliphatic carbocycles. The second-order valence-electron chi connectivity index (χ2n) is 3.07. The fourth-order valence-corrected chi connectivity index (χ4v) is 2.20. The summed E-state index contributed by atoms with van der Waals surface area (Å²) in [7, 11) is 0. The van der Waals surface area contributed by atoms with Crippen molar-refractivity contribution in [2.24, 2.45) is 0 Å². The minimum Gasteiger partial charge on any atom is -0.480 e. The summed E-state index contributed by atoms with van der Waals surface area (Å²) in [6, 6.07) is 3.22. The number of nitrogens with one attached hydrogen (secondary N) is 1. The molecule has 1 aromatic heterocycles. The third kappa shape index (κ3) is 4.51. The van der Waals surface area contributed by atoms with Crippen LogP contribution in [0.3, 0.4) is 0 Å². The number of thioether (sulfide) groups is 1. The van der Waals surface area contributed by atoms with Crippen molar-refractivity contribution in [3.05, 3.63) is 22.8 Å². The summed E-state index contributed by atoms with van der Waals surface area (Å²) < 4.78 is 0.915. The number of aromatic nitrogens is 1. The molecule has 0 aliphatic rings. The molecule has 16 heavy (non-hydrogen) atoms. The molecule has 0 amide bonds. The van der Waals surface area contributed by atoms with E-state index in [1.54, 1.807) is 6.20 Å². The average Bonchev–Trinajstić information content (AvgIpc) is 2.26. The lowest BCUT2D eigenvalue weighted by Gasteiger charge is -2.11. The van der Waals surface area contributed by atoms with Gasteiger partial charge in [-0.1, -0.05) is 6.92 Å². The molecule has 0 aromatic carbocycles. The van der Waals surface area contributed by atoms with E-state index in [1.165, 1.54) is 11.8 Å². The second-order valence-corrected chi connectivity index (χ2v) is 5.03. The Morgan fingerprint density at radius 1 is 1.69 bits per heavy atom. The van der Waals surface area contributed by atoms with Crippen molar-refractivity contribution in [3.63, 3.8) is 0 Å². The number of hydrogen-bond donors (Lipinski definition) is 2. The molecule has 0 saturated carbocycles. The largest absolute Gasteiger partial charge is 0.480 e. The molecule has 2 N–H and O–H groups in total. The molecule has 0 spiro atoms. The average molecular weight is 305 g/mol. The van der Waals surface area contributed by atoms with Crippen molar-refractivity contribution < 1.29 is 9.90 Å². The van der Waals surface area contributed by atoms with E-state index in [9.17, 15) is 4.79 Å². The fraction of sp³-hybridized carbons (Fsp3) is 0.400. The van der Waals surface area contributed by atoms with Crippen LogP contribution in [0.15, 0.2) is 27.8 Å². The van der Waals surface area contributed by atoms with Gasteiger partial charge in [0.25, 0.3) is 0 Å². The Bertz CT molecular complexity index is 345. The van der Waals surface area contributed by atoms with E-state index in [4.69, 9.17) is 5.11 Å². The minimum atomic E-state index is -0.827. The first-order valence-corrected chi connectivity index (χ1v) is 6.62. The summed E-state index contributed by atoms with van der Waals surface area (Å²) in [6.07, 6.45) is 1.70. The number of carboxylic acid groups (broad SMARTS) is 1. The summed E-state index contributed by atoms with van der Waals surface area (Å²) in [5.74, 6) is -0.357. The maximum Gasteiger partial charge on any atom is 0.321 e. The van der Waals surface area contributed by atoms with Crippen molar-refractivity contribution in [1.29, 1.82) is 0 Å². The van der Waals surface area contributed by atoms with Crippen LogP contribution in [0.25, 0.3) is 0 Å². The normalized spacial score (nSPS) is 12.4. The van der Waals surface area contributed by atoms with Crippen molar-refractivity contribution >= 4 is 33.7 Å². The third-order valence-corrected chi connectivity index (χ3v) is 3.35. The number of nitrogens with zero attached hydrogens (tertiary/aromatic N) is 1. The maximum absolute atomic E-state index is 10.9. The summed E-state index contributed by atoms with van der Waals surface area (Å²) in [4.78, 5) is 15.0. The molecule has 4 nitrogen and oxygen atoms in total. The van der Waals surface area contributed by atoms with E-state index in [-0.39, 0.29) is 0 Å². The minimum absolute atomic E-state index is 0.470. The Hall–Kier alpha value is -0.590. The molecule has 1 atom stereocenters. The Kier molecular flexibility index (Phi) is 5.79. The predicted molar refractivity (Wildman–Crippen MR) is 67.8 cm³/mol. The molecule has 1 aromatic rings. The highest BCUT2D eigenvalue weighted by Crippen LogP contribution is 2.18. The number of carboxylic acids is 1. The van der Waals surface area contributed by atoms with Crippen LogP contribution in [0.1, 0.15) is 6.92 Å². The van der Waals surface area contributed by atoms with Crippen LogP contribution < -0.4 is 5.32 Å². The highest BCUT2D eigenvalue weighted by atomic mass is 79.9. The lowest BCUT2D eigenvalue weighted by molar-refractivity contribution is -0.138. The van der Waals surface area contributed by atoms with Crippen LogP contribution >= 0.6 is 27.7 Å². The van der Waals surface area contributed by atoms with Gasteiger partial charge in [-0.25, -0.2) is 4.98 Å². The molecular weight excluding hydrogens is 292 g/mol. The van der Waals surface area contributed by atoms with Crippen molar-refractivity contribution in [1.82, 2.24) is 10.3 Å². The quantitative estimate of drug-likeness (QED) is 0.787. The van der Waals surface area contributed by atoms with Crippen LogP contribution in [-0.2, 0) is 4.79 Å². The van der Waals surface area contributed by atoms with E-state index in [2.05, 4.69) is 26.2 Å². The monoisotopic (exact) mass is 304 g/mol. The zero-order valence-electron chi connectivity index (χ0n) is 8.81. The Morgan fingerprint density at radius 2 is 2.44 bits per heavy atom. The van der Waals surface area contributed by atoms with Crippen molar-refractivity contribution in [3.8, 4) is 0 Å². The molecule has 0 aliphatic heterocycles. The number of likely N-dealkylation sites (N-methyl/N-ethyl adjacent to an activating group) is 1. The lowest BCUT2D eigenvalue weighted by Crippen LogP contribution is -2.38. The predicted octanol–water partition coefficient (Wildman–Crippen LogP) is 2.00. The van der Waals surface area contributed by atoms with Gasteiger partial charge in [-0.2, -0.15) is 0 Å². The van der Waals surface area contributed by atoms with Gasteiger partial charge in [0, 0.05) is 16.4 Å². The highest BCUT2D eigenvalue weighted by molar-refractivity contribution is 9.10. The molecule has 0 bridgehead atoms. The topological polar surface area (TPSA) is 62.2 Å². The van der Waals surface area contributed by atoms with Crippen molar-refractivity contribution in [2.75, 3.05) is 12.3 Å². The molecule has 1 rings (SSSR count). The molecule has 0 saturated heterocycles. The van der Waals surface area contributed by atoms with Gasteiger partial charge in [-0.3, -0.25) is 4.79 Å². The van der Waals surface area contributed by atoms with E-state index in [1.807, 2.05) is 19.1 Å². The van der Waals surface area contributed by atoms with Gasteiger partial charge < -0.3 is 10.4 Å². The van der Waals surface area contributed by atoms with Crippen molar-refractivity contribution in [2.45, 2.75) is 18.0 Å². The number of aliphatic carboxylic acids is 1. The van der Waals surface area contributed by atoms with E-state index >= 15 is 0 Å². The smallest absolute Gasteiger partial charge is 0.321 e. The lowest BCUT2D eigenvalue weighted by atomic mass is 10.3. The van der Waals surface area contributed by atoms with E-state index in [0.29, 0.717) is 12.3 Å². The van der Waals surface area contributed by atoms with Gasteiger partial charge in [0.2, 0.25) is 0 Å². The molecule has 1 heterocycles. The molecule has 6 heteroatoms. The number of carbonyl (C=O) groups is 1. The Morgan fingerprint density at radius 3 is 2.94 bits per heavy atom. The molecule has 88 valence electrons. The zero-order valence-corrected chi connectivity index (χ0v) is 11.2. The number of hydrogen-bond acceptors (Lipinski definition) is 4. The van der Waals surface area contributed by atoms with E-state index in [0.717, 1.165) is 9.50 Å². The summed E-state index contributed by atoms with van der Waals surface area (Å²) in [5, 5.41) is 12.7. The van der Waals surface area contributed by atoms with Crippen LogP contribution in [0.4, 0.5) is 0 Å². The molecule has 1 unspecified atom stereocenters. The summed E-state index contributed by atoms with van der Waals surface area (Å²) in [5.41, 5.74) is 0. The second kappa shape index (κ2) is 6.88. The summed E-state index contributed by atoms with van der Waals surface area (Å²) in [6.45, 7) is 2.53. The number of rotatable bonds is 6. The third-order valence-electron chi connectivity index (χ3n) is 1.85. The number of halogens is 1. The number of pyridine rings is 1. The van der Waals surface area contributed by atoms with Gasteiger partial charge in [-0.05, 0) is 34.6 Å². The Labute approximate surface area is 107 Å². The molecule has 0 fully saturated rings. The van der Waals surface area contributed by atoms with Gasteiger partial charge in [-0.15, -0.1) is 11.8 Å². The highest BCUT2D eigenvalue weighted by Gasteiger charge is 2.16. The maximum atomic E-state index is 10.9. The van der Waals surface area contributed by atoms with Gasteiger partial charge in [0.05, 0.1) is 5.03 Å². The van der Waals surface area contributed by atoms with Crippen LogP contribution in [-0.4, -0.2) is 34.4 Å². The van der Waals surface area contributed by atoms with Crippen LogP contribution in [0.2, 0.25) is 0 Å². The zero-order chi connectivity index (χ0) is 12.0. The van der Waals surface area contributed by atoms with Crippen LogP contribution in [0.5, 0.6) is 0 Å². The molecular formula is C10H13BrN2O2S. The van der Waals surface area contributed by atoms with Gasteiger partial charge >= 0.3 is 5.97 Å². The SMILES string of the molecule is CCNC(CSc1ccc(Br)cn1)C(=O)O. The summed E-state index contributed by atoms with van der Waals surface area (Å²) >= 11 is 4.73. The fourth-order valence-electron chi connectivity index (χ4n) is 1.08. The first-order valence-electron chi connectivity index (χ1n) is 4.84. The molecule has 0 radical (unpaired) electrons. The first-order chi connectivity index (χ1) is 7.63. The first kappa shape index (κ1) is 13.5.